The molecule has 0 saturated heterocycles. The molecule has 30 heavy (non-hydrogen) atoms. The summed E-state index contributed by atoms with van der Waals surface area (Å²) in [5, 5.41) is 12.4. The van der Waals surface area contributed by atoms with Crippen molar-refractivity contribution in [2.75, 3.05) is 59.0 Å². The minimum Gasteiger partial charge on any atom is -0.394 e. The van der Waals surface area contributed by atoms with Crippen molar-refractivity contribution in [3.05, 3.63) is 35.9 Å². The number of carbonyl (C=O) groups excluding carboxylic acids is 2. The Labute approximate surface area is 182 Å². The molecule has 0 aliphatic carbocycles. The van der Waals surface area contributed by atoms with Crippen molar-refractivity contribution in [3.63, 3.8) is 0 Å². The van der Waals surface area contributed by atoms with Crippen molar-refractivity contribution < 1.29 is 28.9 Å². The second-order valence-corrected chi connectivity index (χ2v) is 6.94. The van der Waals surface area contributed by atoms with Gasteiger partial charge in [-0.2, -0.15) is 0 Å². The number of aliphatic hydroxyl groups is 1. The number of nitrogens with two attached hydrogens (primary N) is 1. The third-order valence-electron chi connectivity index (χ3n) is 3.98. The highest BCUT2D eigenvalue weighted by Crippen LogP contribution is 2.14. The van der Waals surface area contributed by atoms with Gasteiger partial charge in [0.05, 0.1) is 52.7 Å². The second-order valence-electron chi connectivity index (χ2n) is 6.18. The van der Waals surface area contributed by atoms with Crippen LogP contribution in [0.15, 0.2) is 30.3 Å². The predicted molar refractivity (Wildman–Crippen MR) is 116 cm³/mol. The molecule has 1 rings (SSSR count). The van der Waals surface area contributed by atoms with Crippen LogP contribution in [0.3, 0.4) is 0 Å². The van der Waals surface area contributed by atoms with Crippen molar-refractivity contribution in [2.45, 2.75) is 19.0 Å². The van der Waals surface area contributed by atoms with Crippen molar-refractivity contribution in [3.8, 4) is 0 Å². The lowest BCUT2D eigenvalue weighted by Gasteiger charge is -2.27. The van der Waals surface area contributed by atoms with Crippen LogP contribution in [0, 0.1) is 0 Å². The largest absolute Gasteiger partial charge is 0.394 e. The molecule has 0 spiro atoms. The third kappa shape index (κ3) is 10.9. The maximum absolute atomic E-state index is 12.5. The topological polar surface area (TPSA) is 123 Å². The minimum absolute atomic E-state index is 0.100. The molecule has 4 N–H and O–H groups in total. The third-order valence-corrected chi connectivity index (χ3v) is 4.83. The summed E-state index contributed by atoms with van der Waals surface area (Å²) in [5.74, 6) is -0.692. The van der Waals surface area contributed by atoms with Crippen molar-refractivity contribution in [2.24, 2.45) is 5.73 Å². The molecule has 1 aromatic rings. The lowest BCUT2D eigenvalue weighted by Crippen LogP contribution is -2.48. The van der Waals surface area contributed by atoms with Gasteiger partial charge in [0.1, 0.15) is 6.04 Å². The van der Waals surface area contributed by atoms with Gasteiger partial charge in [0.15, 0.2) is 0 Å². The van der Waals surface area contributed by atoms with Crippen LogP contribution in [0.1, 0.15) is 12.0 Å². The van der Waals surface area contributed by atoms with E-state index in [-0.39, 0.29) is 18.9 Å². The number of nitrogens with zero attached hydrogens (tertiary/aromatic N) is 1. The normalized spacial score (nSPS) is 11.8. The Morgan fingerprint density at radius 2 is 1.67 bits per heavy atom. The summed E-state index contributed by atoms with van der Waals surface area (Å²) in [4.78, 5) is 24.9. The zero-order chi connectivity index (χ0) is 22.0. The van der Waals surface area contributed by atoms with E-state index in [1.54, 1.807) is 6.26 Å². The predicted octanol–water partition coefficient (Wildman–Crippen LogP) is 0.169. The fourth-order valence-corrected chi connectivity index (χ4v) is 3.18. The maximum atomic E-state index is 12.5. The number of hydrogen-bond acceptors (Lipinski definition) is 8. The van der Waals surface area contributed by atoms with E-state index >= 15 is 0 Å². The zero-order valence-corrected chi connectivity index (χ0v) is 18.3. The number of hydrogen-bond donors (Lipinski definition) is 3. The number of nitrogens with one attached hydrogen (secondary N) is 1. The molecule has 0 bridgehead atoms. The van der Waals surface area contributed by atoms with Gasteiger partial charge in [-0.15, -0.1) is 0 Å². The lowest BCUT2D eigenvalue weighted by molar-refractivity contribution is -0.136. The van der Waals surface area contributed by atoms with Gasteiger partial charge in [0.2, 0.25) is 11.8 Å². The van der Waals surface area contributed by atoms with Crippen molar-refractivity contribution >= 4 is 23.8 Å². The van der Waals surface area contributed by atoms with Crippen molar-refractivity contribution in [1.29, 1.82) is 0 Å². The summed E-state index contributed by atoms with van der Waals surface area (Å²) < 4.78 is 17.2. The average molecular weight is 444 g/mol. The smallest absolute Gasteiger partial charge is 0.246 e. The van der Waals surface area contributed by atoms with E-state index < -0.39 is 18.6 Å². The maximum Gasteiger partial charge on any atom is 0.246 e. The van der Waals surface area contributed by atoms with E-state index in [9.17, 15) is 14.7 Å². The van der Waals surface area contributed by atoms with Crippen LogP contribution >= 0.6 is 11.9 Å². The van der Waals surface area contributed by atoms with Gasteiger partial charge in [-0.1, -0.05) is 42.3 Å². The first-order valence-electron chi connectivity index (χ1n) is 9.86. The van der Waals surface area contributed by atoms with Gasteiger partial charge in [0.25, 0.3) is 0 Å². The molecule has 1 atom stereocenters. The second kappa shape index (κ2) is 17.0. The van der Waals surface area contributed by atoms with E-state index in [1.165, 1.54) is 4.31 Å². The molecule has 170 valence electrons. The molecular weight excluding hydrogens is 410 g/mol. The van der Waals surface area contributed by atoms with Crippen LogP contribution < -0.4 is 11.1 Å². The molecule has 0 aliphatic heterocycles. The monoisotopic (exact) mass is 443 g/mol. The molecule has 0 heterocycles. The van der Waals surface area contributed by atoms with Crippen LogP contribution in [0.25, 0.3) is 0 Å². The summed E-state index contributed by atoms with van der Waals surface area (Å²) in [6.45, 7) is 2.74. The van der Waals surface area contributed by atoms with Crippen LogP contribution in [0.5, 0.6) is 0 Å². The molecule has 0 aliphatic rings. The molecule has 0 unspecified atom stereocenters. The summed E-state index contributed by atoms with van der Waals surface area (Å²) in [7, 11) is 0. The highest BCUT2D eigenvalue weighted by atomic mass is 32.2. The number of rotatable bonds is 17. The Balaban J connectivity index is 2.29. The van der Waals surface area contributed by atoms with Gasteiger partial charge in [-0.3, -0.25) is 13.9 Å². The Hall–Kier alpha value is -1.69. The Bertz CT molecular complexity index is 593. The van der Waals surface area contributed by atoms with Crippen LogP contribution in [0.2, 0.25) is 0 Å². The Morgan fingerprint density at radius 3 is 2.23 bits per heavy atom. The highest BCUT2D eigenvalue weighted by molar-refractivity contribution is 7.96. The summed E-state index contributed by atoms with van der Waals surface area (Å²) in [6, 6.07) is 8.46. The fourth-order valence-electron chi connectivity index (χ4n) is 2.46. The van der Waals surface area contributed by atoms with Gasteiger partial charge < -0.3 is 30.4 Å². The molecule has 0 fully saturated rings. The molecule has 0 saturated carbocycles. The van der Waals surface area contributed by atoms with Gasteiger partial charge in [-0.25, -0.2) is 0 Å². The molecule has 9 nitrogen and oxygen atoms in total. The highest BCUT2D eigenvalue weighted by Gasteiger charge is 2.28. The first-order chi connectivity index (χ1) is 14.6. The zero-order valence-electron chi connectivity index (χ0n) is 17.5. The number of carbonyl (C=O) groups is 2. The fraction of sp³-hybridized carbons (Fsp3) is 0.600. The number of aliphatic hydroxyl groups excluding tert-OH is 1. The van der Waals surface area contributed by atoms with Crippen molar-refractivity contribution in [1.82, 2.24) is 9.62 Å². The number of benzene rings is 1. The molecule has 0 aromatic heterocycles. The van der Waals surface area contributed by atoms with Gasteiger partial charge in [0, 0.05) is 19.3 Å². The SMILES string of the molecule is CSN(C(=O)CCOCCOCCOCCN)[C@@H](CO)C(=O)NCc1ccccc1. The summed E-state index contributed by atoms with van der Waals surface area (Å²) in [6.07, 6.45) is 1.79. The van der Waals surface area contributed by atoms with E-state index in [0.29, 0.717) is 46.1 Å². The minimum atomic E-state index is -0.965. The standard InChI is InChI=1S/C20H33N3O6S/c1-30-23(18(16-24)20(26)22-15-17-5-3-2-4-6-17)19(25)7-9-27-11-13-29-14-12-28-10-8-21/h2-6,18,24H,7-16,21H2,1H3,(H,22,26)/t18-/m0/s1. The molecule has 1 aromatic carbocycles. The number of ether oxygens (including phenoxy) is 3. The van der Waals surface area contributed by atoms with Crippen LogP contribution in [-0.2, 0) is 30.3 Å². The first-order valence-corrected chi connectivity index (χ1v) is 11.0. The quantitative estimate of drug-likeness (QED) is 0.230. The molecule has 10 heteroatoms. The molecule has 2 amide bonds. The van der Waals surface area contributed by atoms with E-state index in [1.807, 2.05) is 30.3 Å². The first kappa shape index (κ1) is 26.3. The van der Waals surface area contributed by atoms with E-state index in [0.717, 1.165) is 17.5 Å². The lowest BCUT2D eigenvalue weighted by atomic mass is 10.2. The van der Waals surface area contributed by atoms with E-state index in [4.69, 9.17) is 19.9 Å². The Kier molecular flexibility index (Phi) is 15.0. The van der Waals surface area contributed by atoms with Gasteiger partial charge in [-0.05, 0) is 5.56 Å². The average Bonchev–Trinajstić information content (AvgIpc) is 2.77. The Morgan fingerprint density at radius 1 is 1.07 bits per heavy atom. The van der Waals surface area contributed by atoms with Crippen LogP contribution in [0.4, 0.5) is 0 Å². The molecule has 0 radical (unpaired) electrons. The summed E-state index contributed by atoms with van der Waals surface area (Å²) in [5.41, 5.74) is 6.25. The molecular formula is C20H33N3O6S. The van der Waals surface area contributed by atoms with E-state index in [2.05, 4.69) is 5.32 Å². The summed E-state index contributed by atoms with van der Waals surface area (Å²) >= 11 is 1.10. The van der Waals surface area contributed by atoms with Gasteiger partial charge >= 0.3 is 0 Å². The van der Waals surface area contributed by atoms with Crippen LogP contribution in [-0.4, -0.2) is 86.3 Å². The number of amides is 2.